The summed E-state index contributed by atoms with van der Waals surface area (Å²) in [6, 6.07) is 19.0. The van der Waals surface area contributed by atoms with Crippen LogP contribution in [0.15, 0.2) is 109 Å². The van der Waals surface area contributed by atoms with E-state index in [1.807, 2.05) is 57.2 Å². The molecule has 0 aliphatic carbocycles. The third-order valence-corrected chi connectivity index (χ3v) is 6.29. The first-order valence-corrected chi connectivity index (χ1v) is 12.8. The van der Waals surface area contributed by atoms with Crippen LogP contribution in [-0.4, -0.2) is 17.2 Å². The lowest BCUT2D eigenvalue weighted by Crippen LogP contribution is -2.35. The first-order chi connectivity index (χ1) is 17.7. The minimum atomic E-state index is -0.108. The van der Waals surface area contributed by atoms with Gasteiger partial charge in [0.1, 0.15) is 5.82 Å². The fourth-order valence-electron chi connectivity index (χ4n) is 4.40. The first-order valence-electron chi connectivity index (χ1n) is 12.8. The Morgan fingerprint density at radius 3 is 2.38 bits per heavy atom. The summed E-state index contributed by atoms with van der Waals surface area (Å²) in [6.45, 7) is 17.0. The Labute approximate surface area is 222 Å². The van der Waals surface area contributed by atoms with Gasteiger partial charge in [-0.05, 0) is 71.6 Å². The van der Waals surface area contributed by atoms with Crippen molar-refractivity contribution in [3.63, 3.8) is 0 Å². The number of anilines is 1. The Morgan fingerprint density at radius 1 is 1.03 bits per heavy atom. The molecule has 0 aliphatic rings. The van der Waals surface area contributed by atoms with Crippen LogP contribution in [0.3, 0.4) is 0 Å². The Balaban J connectivity index is 2.30. The van der Waals surface area contributed by atoms with Crippen molar-refractivity contribution in [1.82, 2.24) is 4.98 Å². The number of pyridine rings is 1. The predicted octanol–water partition coefficient (Wildman–Crippen LogP) is 9.42. The zero-order chi connectivity index (χ0) is 27.0. The molecule has 3 aromatic rings. The topological polar surface area (TPSA) is 48.8 Å². The van der Waals surface area contributed by atoms with Gasteiger partial charge in [-0.1, -0.05) is 106 Å². The Kier molecular flexibility index (Phi) is 9.19. The fourth-order valence-corrected chi connectivity index (χ4v) is 4.40. The first kappa shape index (κ1) is 27.6. The van der Waals surface area contributed by atoms with Crippen molar-refractivity contribution in [1.29, 1.82) is 5.41 Å². The summed E-state index contributed by atoms with van der Waals surface area (Å²) >= 11 is 0. The third kappa shape index (κ3) is 6.83. The highest BCUT2D eigenvalue weighted by molar-refractivity contribution is 6.05. The number of fused-ring (bicyclic) bond motifs is 1. The van der Waals surface area contributed by atoms with E-state index >= 15 is 0 Å². The molecule has 2 N–H and O–H groups in total. The number of hydrogen-bond donors (Lipinski definition) is 2. The highest BCUT2D eigenvalue weighted by Gasteiger charge is 2.27. The molecule has 0 aliphatic heterocycles. The van der Waals surface area contributed by atoms with Crippen LogP contribution in [0.1, 0.15) is 47.2 Å². The van der Waals surface area contributed by atoms with E-state index < -0.39 is 0 Å². The number of benzene rings is 2. The lowest BCUT2D eigenvalue weighted by molar-refractivity contribution is 0.376. The third-order valence-electron chi connectivity index (χ3n) is 6.29. The van der Waals surface area contributed by atoms with Crippen LogP contribution in [-0.2, 0) is 0 Å². The van der Waals surface area contributed by atoms with Crippen molar-refractivity contribution in [2.45, 2.75) is 47.6 Å². The molecule has 0 fully saturated rings. The maximum absolute atomic E-state index is 7.64. The van der Waals surface area contributed by atoms with Gasteiger partial charge in [0.25, 0.3) is 0 Å². The van der Waals surface area contributed by atoms with Gasteiger partial charge in [0.05, 0.1) is 11.7 Å². The van der Waals surface area contributed by atoms with Crippen LogP contribution < -0.4 is 5.32 Å². The smallest absolute Gasteiger partial charge is 0.135 e. The van der Waals surface area contributed by atoms with Gasteiger partial charge < -0.3 is 10.7 Å². The molecule has 1 unspecified atom stereocenters. The molecule has 190 valence electrons. The van der Waals surface area contributed by atoms with Crippen LogP contribution in [0.2, 0.25) is 0 Å². The molecule has 1 aromatic heterocycles. The van der Waals surface area contributed by atoms with E-state index in [2.05, 4.69) is 87.3 Å². The second-order valence-electron chi connectivity index (χ2n) is 10.3. The van der Waals surface area contributed by atoms with E-state index in [1.165, 1.54) is 6.21 Å². The average Bonchev–Trinajstić information content (AvgIpc) is 2.89. The minimum absolute atomic E-state index is 0.0447. The van der Waals surface area contributed by atoms with Crippen LogP contribution in [0, 0.1) is 10.8 Å². The number of nitrogens with zero attached hydrogens (tertiary/aromatic N) is 1. The van der Waals surface area contributed by atoms with E-state index in [0.717, 1.165) is 50.1 Å². The van der Waals surface area contributed by atoms with Crippen molar-refractivity contribution in [3.05, 3.63) is 114 Å². The zero-order valence-corrected chi connectivity index (χ0v) is 23.0. The number of hydrogen-bond acceptors (Lipinski definition) is 3. The summed E-state index contributed by atoms with van der Waals surface area (Å²) in [5, 5.41) is 13.6. The molecule has 0 bridgehead atoms. The molecule has 2 aromatic carbocycles. The molecule has 0 amide bonds. The van der Waals surface area contributed by atoms with Gasteiger partial charge in [-0.15, -0.1) is 0 Å². The Bertz CT molecular complexity index is 1380. The van der Waals surface area contributed by atoms with Gasteiger partial charge in [-0.2, -0.15) is 0 Å². The molecule has 0 saturated carbocycles. The van der Waals surface area contributed by atoms with Gasteiger partial charge in [-0.25, -0.2) is 4.98 Å². The van der Waals surface area contributed by atoms with Gasteiger partial charge in [0, 0.05) is 11.6 Å². The molecule has 3 heteroatoms. The lowest BCUT2D eigenvalue weighted by Gasteiger charge is -2.33. The largest absolute Gasteiger partial charge is 0.362 e. The Morgan fingerprint density at radius 2 is 1.76 bits per heavy atom. The average molecular weight is 490 g/mol. The Hall–Kier alpha value is -3.98. The van der Waals surface area contributed by atoms with Gasteiger partial charge in [-0.3, -0.25) is 0 Å². The maximum Gasteiger partial charge on any atom is 0.135 e. The molecule has 0 spiro atoms. The summed E-state index contributed by atoms with van der Waals surface area (Å²) < 4.78 is 0. The molecular formula is C34H39N3. The normalized spacial score (nSPS) is 13.9. The molecule has 1 atom stereocenters. The van der Waals surface area contributed by atoms with Gasteiger partial charge >= 0.3 is 0 Å². The van der Waals surface area contributed by atoms with Crippen molar-refractivity contribution in [3.8, 4) is 11.1 Å². The number of rotatable bonds is 9. The number of nitrogens with one attached hydrogen (secondary N) is 2. The predicted molar refractivity (Wildman–Crippen MR) is 163 cm³/mol. The van der Waals surface area contributed by atoms with Crippen LogP contribution >= 0.6 is 0 Å². The van der Waals surface area contributed by atoms with Crippen molar-refractivity contribution >= 4 is 28.4 Å². The van der Waals surface area contributed by atoms with Crippen molar-refractivity contribution in [2.24, 2.45) is 5.41 Å². The monoisotopic (exact) mass is 489 g/mol. The molecule has 0 saturated heterocycles. The molecule has 3 nitrogen and oxygen atoms in total. The SMILES string of the molecule is C=C(/C=C\C=C/C)C(Nc1nc(C(/C=C(/C)C=N)=C/C)cc2cccc(-c3ccccc3)c12)C(C)(C)C. The van der Waals surface area contributed by atoms with Crippen LogP contribution in [0.4, 0.5) is 5.82 Å². The molecule has 0 radical (unpaired) electrons. The van der Waals surface area contributed by atoms with E-state index in [4.69, 9.17) is 10.4 Å². The van der Waals surface area contributed by atoms with E-state index in [9.17, 15) is 0 Å². The molecular weight excluding hydrogens is 450 g/mol. The highest BCUT2D eigenvalue weighted by Crippen LogP contribution is 2.37. The van der Waals surface area contributed by atoms with E-state index in [-0.39, 0.29) is 11.5 Å². The molecule has 1 heterocycles. The quantitative estimate of drug-likeness (QED) is 0.232. The summed E-state index contributed by atoms with van der Waals surface area (Å²) in [7, 11) is 0. The second-order valence-corrected chi connectivity index (χ2v) is 10.3. The summed E-state index contributed by atoms with van der Waals surface area (Å²) in [4.78, 5) is 5.20. The van der Waals surface area contributed by atoms with Crippen LogP contribution in [0.25, 0.3) is 27.5 Å². The van der Waals surface area contributed by atoms with Gasteiger partial charge in [0.15, 0.2) is 0 Å². The fraction of sp³-hybridized carbons (Fsp3) is 0.235. The minimum Gasteiger partial charge on any atom is -0.362 e. The van der Waals surface area contributed by atoms with Gasteiger partial charge in [0.2, 0.25) is 0 Å². The zero-order valence-electron chi connectivity index (χ0n) is 23.0. The highest BCUT2D eigenvalue weighted by atomic mass is 15.0. The second kappa shape index (κ2) is 12.3. The molecule has 37 heavy (non-hydrogen) atoms. The van der Waals surface area contributed by atoms with Crippen LogP contribution in [0.5, 0.6) is 0 Å². The van der Waals surface area contributed by atoms with Crippen molar-refractivity contribution < 1.29 is 0 Å². The number of aromatic nitrogens is 1. The molecule has 3 rings (SSSR count). The standard InChI is InChI=1S/C34H39N3/c1-8-10-12-16-25(4)32(34(5,6)7)37-33-31-28(19-15-20-29(31)27-17-13-11-14-18-27)22-30(36-33)26(9-2)21-24(3)23-35/h8-23,32,35H,4H2,1-3,5-7H3,(H,36,37)/b10-8-,16-12-,24-21-,26-9+,35-23?. The lowest BCUT2D eigenvalue weighted by atomic mass is 9.82. The maximum atomic E-state index is 7.64. The van der Waals surface area contributed by atoms with E-state index in [1.54, 1.807) is 0 Å². The van der Waals surface area contributed by atoms with E-state index in [0.29, 0.717) is 0 Å². The summed E-state index contributed by atoms with van der Waals surface area (Å²) in [5.41, 5.74) is 5.89. The van der Waals surface area contributed by atoms with Crippen molar-refractivity contribution in [2.75, 3.05) is 5.32 Å². The number of allylic oxidation sites excluding steroid dienone is 7. The summed E-state index contributed by atoms with van der Waals surface area (Å²) in [6.07, 6.45) is 13.6. The summed E-state index contributed by atoms with van der Waals surface area (Å²) in [5.74, 6) is 0.827.